The number of rotatable bonds is 3. The highest BCUT2D eigenvalue weighted by molar-refractivity contribution is 5.36. The summed E-state index contributed by atoms with van der Waals surface area (Å²) in [4.78, 5) is 0. The van der Waals surface area contributed by atoms with Crippen molar-refractivity contribution in [3.8, 4) is 0 Å². The number of aryl methyl sites for hydroxylation is 2. The molecule has 0 bridgehead atoms. The lowest BCUT2D eigenvalue weighted by Gasteiger charge is -2.11. The molecule has 1 aliphatic rings. The maximum Gasteiger partial charge on any atom is 0.107 e. The quantitative estimate of drug-likeness (QED) is 0.899. The Kier molecular flexibility index (Phi) is 2.98. The van der Waals surface area contributed by atoms with Gasteiger partial charge in [-0.05, 0) is 50.2 Å². The Morgan fingerprint density at radius 2 is 1.79 bits per heavy atom. The van der Waals surface area contributed by atoms with Crippen LogP contribution in [0.5, 0.6) is 0 Å². The Bertz CT molecular complexity index is 583. The first-order chi connectivity index (χ1) is 9.09. The van der Waals surface area contributed by atoms with Crippen LogP contribution in [-0.2, 0) is 0 Å². The number of benzene rings is 1. The summed E-state index contributed by atoms with van der Waals surface area (Å²) in [5.74, 6) is 2.60. The van der Waals surface area contributed by atoms with Crippen molar-refractivity contribution in [3.05, 3.63) is 58.5 Å². The number of furan rings is 1. The molecule has 2 aromatic rings. The summed E-state index contributed by atoms with van der Waals surface area (Å²) in [6.45, 7) is 5.93. The van der Waals surface area contributed by atoms with Gasteiger partial charge in [-0.2, -0.15) is 0 Å². The third-order valence-electron chi connectivity index (χ3n) is 4.39. The zero-order valence-electron chi connectivity index (χ0n) is 11.7. The first-order valence-corrected chi connectivity index (χ1v) is 6.89. The number of aliphatic hydroxyl groups excluding tert-OH is 1. The van der Waals surface area contributed by atoms with Crippen molar-refractivity contribution >= 4 is 0 Å². The highest BCUT2D eigenvalue weighted by Gasteiger charge is 2.45. The topological polar surface area (TPSA) is 33.4 Å². The SMILES string of the molecule is Cc1oc(C)c(C(O)C2CC2c2ccccc2)c1C. The van der Waals surface area contributed by atoms with E-state index in [1.807, 2.05) is 26.8 Å². The smallest absolute Gasteiger partial charge is 0.107 e. The molecular formula is C17H20O2. The van der Waals surface area contributed by atoms with Crippen molar-refractivity contribution in [2.75, 3.05) is 0 Å². The first kappa shape index (κ1) is 12.5. The van der Waals surface area contributed by atoms with Gasteiger partial charge in [0.25, 0.3) is 0 Å². The summed E-state index contributed by atoms with van der Waals surface area (Å²) < 4.78 is 5.63. The van der Waals surface area contributed by atoms with Crippen LogP contribution in [0, 0.1) is 26.7 Å². The average Bonchev–Trinajstić information content (AvgIpc) is 3.15. The fourth-order valence-corrected chi connectivity index (χ4v) is 3.11. The van der Waals surface area contributed by atoms with Crippen LogP contribution in [0.4, 0.5) is 0 Å². The normalized spacial score (nSPS) is 23.4. The van der Waals surface area contributed by atoms with Crippen molar-refractivity contribution in [2.24, 2.45) is 5.92 Å². The van der Waals surface area contributed by atoms with E-state index in [0.29, 0.717) is 11.8 Å². The third kappa shape index (κ3) is 2.10. The van der Waals surface area contributed by atoms with Crippen LogP contribution in [-0.4, -0.2) is 5.11 Å². The lowest BCUT2D eigenvalue weighted by atomic mass is 9.98. The fourth-order valence-electron chi connectivity index (χ4n) is 3.11. The van der Waals surface area contributed by atoms with Gasteiger partial charge in [-0.15, -0.1) is 0 Å². The Hall–Kier alpha value is -1.54. The van der Waals surface area contributed by atoms with Gasteiger partial charge in [0, 0.05) is 5.56 Å². The molecule has 0 spiro atoms. The van der Waals surface area contributed by atoms with Crippen LogP contribution < -0.4 is 0 Å². The summed E-state index contributed by atoms with van der Waals surface area (Å²) in [6, 6.07) is 10.5. The molecule has 1 aromatic carbocycles. The van der Waals surface area contributed by atoms with Crippen LogP contribution in [0.3, 0.4) is 0 Å². The van der Waals surface area contributed by atoms with E-state index in [-0.39, 0.29) is 0 Å². The van der Waals surface area contributed by atoms with E-state index >= 15 is 0 Å². The molecule has 3 unspecified atom stereocenters. The number of aliphatic hydroxyl groups is 1. The van der Waals surface area contributed by atoms with Crippen LogP contribution in [0.1, 0.15) is 46.7 Å². The summed E-state index contributed by atoms with van der Waals surface area (Å²) in [5.41, 5.74) is 3.44. The van der Waals surface area contributed by atoms with E-state index in [4.69, 9.17) is 4.42 Å². The molecule has 0 aliphatic heterocycles. The van der Waals surface area contributed by atoms with E-state index in [9.17, 15) is 5.11 Å². The van der Waals surface area contributed by atoms with E-state index < -0.39 is 6.10 Å². The molecule has 1 aromatic heterocycles. The molecule has 0 saturated heterocycles. The number of hydrogen-bond donors (Lipinski definition) is 1. The first-order valence-electron chi connectivity index (χ1n) is 6.89. The van der Waals surface area contributed by atoms with E-state index in [0.717, 1.165) is 29.1 Å². The second-order valence-electron chi connectivity index (χ2n) is 5.61. The zero-order chi connectivity index (χ0) is 13.6. The van der Waals surface area contributed by atoms with Gasteiger partial charge in [0.1, 0.15) is 11.5 Å². The summed E-state index contributed by atoms with van der Waals surface area (Å²) in [7, 11) is 0. The van der Waals surface area contributed by atoms with Gasteiger partial charge in [0.05, 0.1) is 6.10 Å². The maximum absolute atomic E-state index is 10.6. The second kappa shape index (κ2) is 4.53. The van der Waals surface area contributed by atoms with Gasteiger partial charge < -0.3 is 9.52 Å². The van der Waals surface area contributed by atoms with Gasteiger partial charge in [0.2, 0.25) is 0 Å². The lowest BCUT2D eigenvalue weighted by molar-refractivity contribution is 0.149. The largest absolute Gasteiger partial charge is 0.466 e. The molecule has 2 heteroatoms. The molecule has 3 rings (SSSR count). The maximum atomic E-state index is 10.6. The molecular weight excluding hydrogens is 236 g/mol. The highest BCUT2D eigenvalue weighted by Crippen LogP contribution is 2.55. The lowest BCUT2D eigenvalue weighted by Crippen LogP contribution is -2.03. The minimum Gasteiger partial charge on any atom is -0.466 e. The Balaban J connectivity index is 1.82. The van der Waals surface area contributed by atoms with Crippen molar-refractivity contribution in [2.45, 2.75) is 39.2 Å². The molecule has 0 radical (unpaired) electrons. The summed E-state index contributed by atoms with van der Waals surface area (Å²) in [6.07, 6.45) is 0.663. The van der Waals surface area contributed by atoms with Gasteiger partial charge in [-0.1, -0.05) is 30.3 Å². The van der Waals surface area contributed by atoms with Gasteiger partial charge in [-0.3, -0.25) is 0 Å². The molecule has 1 aliphatic carbocycles. The Morgan fingerprint density at radius 3 is 2.37 bits per heavy atom. The Labute approximate surface area is 114 Å². The van der Waals surface area contributed by atoms with Crippen molar-refractivity contribution in [1.82, 2.24) is 0 Å². The monoisotopic (exact) mass is 256 g/mol. The van der Waals surface area contributed by atoms with E-state index in [1.54, 1.807) is 0 Å². The average molecular weight is 256 g/mol. The predicted molar refractivity (Wildman–Crippen MR) is 75.2 cm³/mol. The predicted octanol–water partition coefficient (Wildman–Crippen LogP) is 4.04. The van der Waals surface area contributed by atoms with Crippen LogP contribution >= 0.6 is 0 Å². The number of hydrogen-bond acceptors (Lipinski definition) is 2. The molecule has 1 saturated carbocycles. The molecule has 3 atom stereocenters. The van der Waals surface area contributed by atoms with E-state index in [1.165, 1.54) is 5.56 Å². The zero-order valence-corrected chi connectivity index (χ0v) is 11.7. The molecule has 19 heavy (non-hydrogen) atoms. The molecule has 1 N–H and O–H groups in total. The molecule has 2 nitrogen and oxygen atoms in total. The molecule has 1 heterocycles. The van der Waals surface area contributed by atoms with Crippen molar-refractivity contribution in [3.63, 3.8) is 0 Å². The summed E-state index contributed by atoms with van der Waals surface area (Å²) in [5, 5.41) is 10.6. The van der Waals surface area contributed by atoms with Gasteiger partial charge in [-0.25, -0.2) is 0 Å². The third-order valence-corrected chi connectivity index (χ3v) is 4.39. The fraction of sp³-hybridized carbons (Fsp3) is 0.412. The van der Waals surface area contributed by atoms with E-state index in [2.05, 4.69) is 24.3 Å². The van der Waals surface area contributed by atoms with Crippen LogP contribution in [0.25, 0.3) is 0 Å². The van der Waals surface area contributed by atoms with Gasteiger partial charge in [0.15, 0.2) is 0 Å². The molecule has 0 amide bonds. The minimum atomic E-state index is -0.400. The van der Waals surface area contributed by atoms with Crippen molar-refractivity contribution < 1.29 is 9.52 Å². The van der Waals surface area contributed by atoms with Crippen LogP contribution in [0.15, 0.2) is 34.7 Å². The van der Waals surface area contributed by atoms with Gasteiger partial charge >= 0.3 is 0 Å². The second-order valence-corrected chi connectivity index (χ2v) is 5.61. The molecule has 100 valence electrons. The summed E-state index contributed by atoms with van der Waals surface area (Å²) >= 11 is 0. The minimum absolute atomic E-state index is 0.330. The Morgan fingerprint density at radius 1 is 1.11 bits per heavy atom. The van der Waals surface area contributed by atoms with Crippen LogP contribution in [0.2, 0.25) is 0 Å². The standard InChI is InChI=1S/C17H20O2/c1-10-11(2)19-12(3)16(10)17(18)15-9-14(15)13-7-5-4-6-8-13/h4-8,14-15,17-18H,9H2,1-3H3. The highest BCUT2D eigenvalue weighted by atomic mass is 16.3. The van der Waals surface area contributed by atoms with Crippen molar-refractivity contribution in [1.29, 1.82) is 0 Å². The molecule has 1 fully saturated rings.